The Morgan fingerprint density at radius 3 is 2.80 bits per heavy atom. The summed E-state index contributed by atoms with van der Waals surface area (Å²) in [5.41, 5.74) is 5.18. The van der Waals surface area contributed by atoms with Gasteiger partial charge >= 0.3 is 0 Å². The number of aryl methyl sites for hydroxylation is 2. The van der Waals surface area contributed by atoms with Crippen molar-refractivity contribution in [2.75, 3.05) is 12.4 Å². The first-order chi connectivity index (χ1) is 9.74. The second-order valence-corrected chi connectivity index (χ2v) is 5.40. The number of hydrogen-bond donors (Lipinski definition) is 1. The van der Waals surface area contributed by atoms with Gasteiger partial charge in [-0.15, -0.1) is 0 Å². The van der Waals surface area contributed by atoms with Crippen LogP contribution in [0.15, 0.2) is 24.3 Å². The molecule has 1 atom stereocenters. The Labute approximate surface area is 120 Å². The lowest BCUT2D eigenvalue weighted by Crippen LogP contribution is -2.10. The van der Waals surface area contributed by atoms with Crippen LogP contribution in [-0.2, 0) is 12.8 Å². The molecule has 0 aliphatic heterocycles. The highest BCUT2D eigenvalue weighted by Crippen LogP contribution is 2.37. The Hall–Kier alpha value is -1.90. The maximum atomic E-state index is 4.83. The molecule has 3 rings (SSSR count). The molecule has 104 valence electrons. The molecule has 1 unspecified atom stereocenters. The monoisotopic (exact) mass is 267 g/mol. The summed E-state index contributed by atoms with van der Waals surface area (Å²) in [6.45, 7) is 4.25. The number of aromatic nitrogens is 2. The lowest BCUT2D eigenvalue weighted by Gasteiger charge is -2.15. The van der Waals surface area contributed by atoms with Gasteiger partial charge in [0, 0.05) is 24.2 Å². The summed E-state index contributed by atoms with van der Waals surface area (Å²) in [7, 11) is 1.93. The zero-order valence-corrected chi connectivity index (χ0v) is 12.4. The van der Waals surface area contributed by atoms with Crippen molar-refractivity contribution in [2.45, 2.75) is 39.0 Å². The molecule has 20 heavy (non-hydrogen) atoms. The summed E-state index contributed by atoms with van der Waals surface area (Å²) in [5, 5.41) is 3.21. The number of hydrogen-bond acceptors (Lipinski definition) is 3. The Morgan fingerprint density at radius 1 is 1.25 bits per heavy atom. The lowest BCUT2D eigenvalue weighted by molar-refractivity contribution is 0.718. The third kappa shape index (κ3) is 2.07. The van der Waals surface area contributed by atoms with E-state index in [0.29, 0.717) is 5.92 Å². The molecule has 1 N–H and O–H groups in total. The largest absolute Gasteiger partial charge is 0.373 e. The first-order valence-corrected chi connectivity index (χ1v) is 7.37. The van der Waals surface area contributed by atoms with Crippen molar-refractivity contribution in [3.05, 3.63) is 52.5 Å². The van der Waals surface area contributed by atoms with Crippen molar-refractivity contribution in [3.63, 3.8) is 0 Å². The van der Waals surface area contributed by atoms with Gasteiger partial charge in [0.05, 0.1) is 0 Å². The van der Waals surface area contributed by atoms with Crippen LogP contribution in [0.3, 0.4) is 0 Å². The summed E-state index contributed by atoms with van der Waals surface area (Å²) in [4.78, 5) is 9.59. The highest BCUT2D eigenvalue weighted by Gasteiger charge is 2.26. The quantitative estimate of drug-likeness (QED) is 0.925. The zero-order valence-electron chi connectivity index (χ0n) is 12.4. The molecule has 1 aliphatic carbocycles. The van der Waals surface area contributed by atoms with Gasteiger partial charge in [-0.2, -0.15) is 0 Å². The van der Waals surface area contributed by atoms with Gasteiger partial charge in [-0.05, 0) is 37.3 Å². The number of anilines is 1. The zero-order chi connectivity index (χ0) is 14.1. The second-order valence-electron chi connectivity index (χ2n) is 5.40. The van der Waals surface area contributed by atoms with Crippen LogP contribution in [0.4, 0.5) is 5.82 Å². The van der Waals surface area contributed by atoms with Crippen molar-refractivity contribution in [3.8, 4) is 0 Å². The summed E-state index contributed by atoms with van der Waals surface area (Å²) >= 11 is 0. The highest BCUT2D eigenvalue weighted by atomic mass is 15.0. The molecule has 0 spiro atoms. The fourth-order valence-corrected chi connectivity index (χ4v) is 3.15. The third-order valence-corrected chi connectivity index (χ3v) is 4.28. The van der Waals surface area contributed by atoms with Gasteiger partial charge in [-0.25, -0.2) is 9.97 Å². The van der Waals surface area contributed by atoms with E-state index in [2.05, 4.69) is 43.4 Å². The van der Waals surface area contributed by atoms with Crippen molar-refractivity contribution >= 4 is 5.82 Å². The molecule has 3 heteroatoms. The smallest absolute Gasteiger partial charge is 0.138 e. The average molecular weight is 267 g/mol. The minimum atomic E-state index is 0.351. The molecule has 1 aromatic carbocycles. The Balaban J connectivity index is 2.08. The molecule has 1 aliphatic rings. The van der Waals surface area contributed by atoms with Gasteiger partial charge in [0.25, 0.3) is 0 Å². The van der Waals surface area contributed by atoms with E-state index in [1.807, 2.05) is 7.05 Å². The summed E-state index contributed by atoms with van der Waals surface area (Å²) in [6, 6.07) is 8.68. The van der Waals surface area contributed by atoms with E-state index in [9.17, 15) is 0 Å². The molecule has 1 heterocycles. The first kappa shape index (κ1) is 13.1. The molecule has 1 aromatic heterocycles. The van der Waals surface area contributed by atoms with Crippen LogP contribution in [-0.4, -0.2) is 17.0 Å². The van der Waals surface area contributed by atoms with E-state index in [1.165, 1.54) is 16.7 Å². The van der Waals surface area contributed by atoms with Gasteiger partial charge in [-0.3, -0.25) is 0 Å². The standard InChI is InChI=1S/C17H21N3/c1-4-15-11(2)16(18-3)20-17(19-15)14-10-9-12-7-5-6-8-13(12)14/h5-8,14H,4,9-10H2,1-3H3,(H,18,19,20). The van der Waals surface area contributed by atoms with Crippen LogP contribution in [0.1, 0.15) is 47.5 Å². The van der Waals surface area contributed by atoms with Crippen LogP contribution in [0, 0.1) is 6.92 Å². The van der Waals surface area contributed by atoms with Crippen LogP contribution < -0.4 is 5.32 Å². The predicted octanol–water partition coefficient (Wildman–Crippen LogP) is 3.47. The summed E-state index contributed by atoms with van der Waals surface area (Å²) in [5.74, 6) is 2.29. The van der Waals surface area contributed by atoms with E-state index < -0.39 is 0 Å². The van der Waals surface area contributed by atoms with Crippen molar-refractivity contribution in [2.24, 2.45) is 0 Å². The maximum absolute atomic E-state index is 4.83. The second kappa shape index (κ2) is 5.23. The van der Waals surface area contributed by atoms with E-state index in [1.54, 1.807) is 0 Å². The van der Waals surface area contributed by atoms with Crippen molar-refractivity contribution in [1.82, 2.24) is 9.97 Å². The van der Waals surface area contributed by atoms with E-state index in [0.717, 1.165) is 36.6 Å². The van der Waals surface area contributed by atoms with Crippen molar-refractivity contribution < 1.29 is 0 Å². The normalized spacial score (nSPS) is 17.1. The molecular weight excluding hydrogens is 246 g/mol. The Morgan fingerprint density at radius 2 is 2.05 bits per heavy atom. The SMILES string of the molecule is CCc1nc(C2CCc3ccccc32)nc(NC)c1C. The number of benzene rings is 1. The minimum Gasteiger partial charge on any atom is -0.373 e. The molecule has 3 nitrogen and oxygen atoms in total. The van der Waals surface area contributed by atoms with Crippen LogP contribution in [0.2, 0.25) is 0 Å². The average Bonchev–Trinajstić information content (AvgIpc) is 2.91. The lowest BCUT2D eigenvalue weighted by atomic mass is 10.00. The van der Waals surface area contributed by atoms with Gasteiger partial charge in [0.15, 0.2) is 0 Å². The molecule has 2 aromatic rings. The van der Waals surface area contributed by atoms with E-state index >= 15 is 0 Å². The fraction of sp³-hybridized carbons (Fsp3) is 0.412. The molecule has 0 bridgehead atoms. The number of fused-ring (bicyclic) bond motifs is 1. The van der Waals surface area contributed by atoms with Crippen LogP contribution in [0.25, 0.3) is 0 Å². The molecule has 0 amide bonds. The molecular formula is C17H21N3. The number of nitrogens with one attached hydrogen (secondary N) is 1. The fourth-order valence-electron chi connectivity index (χ4n) is 3.15. The molecule has 0 saturated heterocycles. The molecule has 0 radical (unpaired) electrons. The van der Waals surface area contributed by atoms with Gasteiger partial charge in [0.1, 0.15) is 11.6 Å². The molecule has 0 saturated carbocycles. The van der Waals surface area contributed by atoms with Crippen LogP contribution in [0.5, 0.6) is 0 Å². The first-order valence-electron chi connectivity index (χ1n) is 7.37. The number of rotatable bonds is 3. The van der Waals surface area contributed by atoms with Crippen molar-refractivity contribution in [1.29, 1.82) is 0 Å². The summed E-state index contributed by atoms with van der Waals surface area (Å²) in [6.07, 6.45) is 3.20. The Bertz CT molecular complexity index is 609. The Kier molecular flexibility index (Phi) is 3.43. The summed E-state index contributed by atoms with van der Waals surface area (Å²) < 4.78 is 0. The number of nitrogens with zero attached hydrogens (tertiary/aromatic N) is 2. The molecule has 0 fully saturated rings. The third-order valence-electron chi connectivity index (χ3n) is 4.28. The van der Waals surface area contributed by atoms with E-state index in [-0.39, 0.29) is 0 Å². The van der Waals surface area contributed by atoms with E-state index in [4.69, 9.17) is 9.97 Å². The topological polar surface area (TPSA) is 37.8 Å². The van der Waals surface area contributed by atoms with Gasteiger partial charge < -0.3 is 5.32 Å². The minimum absolute atomic E-state index is 0.351. The predicted molar refractivity (Wildman–Crippen MR) is 82.3 cm³/mol. The van der Waals surface area contributed by atoms with Gasteiger partial charge in [-0.1, -0.05) is 31.2 Å². The highest BCUT2D eigenvalue weighted by molar-refractivity contribution is 5.47. The maximum Gasteiger partial charge on any atom is 0.138 e. The van der Waals surface area contributed by atoms with Gasteiger partial charge in [0.2, 0.25) is 0 Å². The van der Waals surface area contributed by atoms with Crippen LogP contribution >= 0.6 is 0 Å².